The lowest BCUT2D eigenvalue weighted by molar-refractivity contribution is -0.384. The predicted octanol–water partition coefficient (Wildman–Crippen LogP) is 1.53. The monoisotopic (exact) mass is 231 g/mol. The molecule has 2 rings (SSSR count). The Kier molecular flexibility index (Phi) is 2.61. The number of pyridine rings is 1. The number of nitrogens with one attached hydrogen (secondary N) is 1. The average molecular weight is 231 g/mol. The first-order valence-corrected chi connectivity index (χ1v) is 4.80. The van der Waals surface area contributed by atoms with Crippen molar-refractivity contribution in [2.75, 3.05) is 5.73 Å². The molecule has 86 valence electrons. The van der Waals surface area contributed by atoms with Crippen molar-refractivity contribution >= 4 is 11.4 Å². The van der Waals surface area contributed by atoms with Crippen molar-refractivity contribution < 1.29 is 4.92 Å². The summed E-state index contributed by atoms with van der Waals surface area (Å²) in [5.41, 5.74) is 6.84. The number of hydrogen-bond acceptors (Lipinski definition) is 4. The topological polar surface area (TPSA) is 102 Å². The second-order valence-electron chi connectivity index (χ2n) is 3.51. The second kappa shape index (κ2) is 4.09. The van der Waals surface area contributed by atoms with Gasteiger partial charge in [0, 0.05) is 30.1 Å². The van der Waals surface area contributed by atoms with Gasteiger partial charge in [0.15, 0.2) is 0 Å². The summed E-state index contributed by atoms with van der Waals surface area (Å²) in [6.45, 7) is 0. The van der Waals surface area contributed by atoms with Crippen LogP contribution in [-0.2, 0) is 0 Å². The van der Waals surface area contributed by atoms with Crippen molar-refractivity contribution in [3.63, 3.8) is 0 Å². The van der Waals surface area contributed by atoms with Crippen LogP contribution in [0, 0.1) is 10.1 Å². The molecule has 0 atom stereocenters. The molecule has 1 aromatic heterocycles. The van der Waals surface area contributed by atoms with Crippen LogP contribution >= 0.6 is 0 Å². The summed E-state index contributed by atoms with van der Waals surface area (Å²) in [7, 11) is 0. The van der Waals surface area contributed by atoms with Crippen molar-refractivity contribution in [1.29, 1.82) is 0 Å². The highest BCUT2D eigenvalue weighted by Gasteiger charge is 2.09. The van der Waals surface area contributed by atoms with Crippen LogP contribution in [-0.4, -0.2) is 9.91 Å². The van der Waals surface area contributed by atoms with E-state index in [4.69, 9.17) is 5.73 Å². The zero-order chi connectivity index (χ0) is 12.4. The van der Waals surface area contributed by atoms with E-state index < -0.39 is 4.92 Å². The number of aromatic nitrogens is 1. The van der Waals surface area contributed by atoms with Gasteiger partial charge in [0.25, 0.3) is 5.69 Å². The molecular weight excluding hydrogens is 222 g/mol. The molecule has 0 aliphatic rings. The molecule has 0 fully saturated rings. The molecule has 17 heavy (non-hydrogen) atoms. The van der Waals surface area contributed by atoms with Crippen LogP contribution in [0.5, 0.6) is 0 Å². The van der Waals surface area contributed by atoms with Crippen LogP contribution in [0.2, 0.25) is 0 Å². The van der Waals surface area contributed by atoms with Gasteiger partial charge in [0.05, 0.1) is 4.92 Å². The van der Waals surface area contributed by atoms with Crippen molar-refractivity contribution in [2.24, 2.45) is 0 Å². The molecule has 0 radical (unpaired) electrons. The summed E-state index contributed by atoms with van der Waals surface area (Å²) >= 11 is 0. The standard InChI is InChI=1S/C11H9N3O3/c12-9-3-8(4-10(5-9)14(16)17)7-1-2-11(15)13-6-7/h1-6H,12H2,(H,13,15). The molecule has 0 unspecified atom stereocenters. The van der Waals surface area contributed by atoms with Crippen LogP contribution in [0.1, 0.15) is 0 Å². The summed E-state index contributed by atoms with van der Waals surface area (Å²) in [6.07, 6.45) is 1.49. The first kappa shape index (κ1) is 10.9. The van der Waals surface area contributed by atoms with Gasteiger partial charge in [-0.1, -0.05) is 0 Å². The number of H-pyrrole nitrogens is 1. The number of nitro groups is 1. The third kappa shape index (κ3) is 2.31. The van der Waals surface area contributed by atoms with Gasteiger partial charge < -0.3 is 10.7 Å². The maximum atomic E-state index is 10.9. The van der Waals surface area contributed by atoms with Crippen molar-refractivity contribution in [3.8, 4) is 11.1 Å². The van der Waals surface area contributed by atoms with Gasteiger partial charge in [-0.25, -0.2) is 0 Å². The fourth-order valence-corrected chi connectivity index (χ4v) is 1.50. The highest BCUT2D eigenvalue weighted by atomic mass is 16.6. The van der Waals surface area contributed by atoms with Crippen LogP contribution < -0.4 is 11.3 Å². The fourth-order valence-electron chi connectivity index (χ4n) is 1.50. The zero-order valence-electron chi connectivity index (χ0n) is 8.71. The highest BCUT2D eigenvalue weighted by Crippen LogP contribution is 2.26. The zero-order valence-corrected chi connectivity index (χ0v) is 8.71. The van der Waals surface area contributed by atoms with Gasteiger partial charge >= 0.3 is 0 Å². The number of anilines is 1. The number of aromatic amines is 1. The summed E-state index contributed by atoms with van der Waals surface area (Å²) in [5.74, 6) is 0. The van der Waals surface area contributed by atoms with Crippen LogP contribution in [0.15, 0.2) is 41.3 Å². The Bertz CT molecular complexity index is 614. The number of hydrogen-bond donors (Lipinski definition) is 2. The van der Waals surface area contributed by atoms with Gasteiger partial charge in [-0.2, -0.15) is 0 Å². The summed E-state index contributed by atoms with van der Waals surface area (Å²) < 4.78 is 0. The predicted molar refractivity (Wildman–Crippen MR) is 63.6 cm³/mol. The van der Waals surface area contributed by atoms with Crippen molar-refractivity contribution in [2.45, 2.75) is 0 Å². The normalized spacial score (nSPS) is 10.1. The SMILES string of the molecule is Nc1cc(-c2ccc(=O)[nH]c2)cc([N+](=O)[O-])c1. The molecule has 0 amide bonds. The van der Waals surface area contributed by atoms with E-state index in [-0.39, 0.29) is 11.2 Å². The molecule has 1 aromatic carbocycles. The Morgan fingerprint density at radius 2 is 1.94 bits per heavy atom. The molecule has 6 heteroatoms. The summed E-state index contributed by atoms with van der Waals surface area (Å²) in [6, 6.07) is 7.24. The number of nitrogen functional groups attached to an aromatic ring is 1. The number of nitrogens with two attached hydrogens (primary N) is 1. The van der Waals surface area contributed by atoms with E-state index in [2.05, 4.69) is 4.98 Å². The molecule has 0 aliphatic carbocycles. The lowest BCUT2D eigenvalue weighted by Gasteiger charge is -2.02. The van der Waals surface area contributed by atoms with E-state index in [9.17, 15) is 14.9 Å². The number of nitrogens with zero attached hydrogens (tertiary/aromatic N) is 1. The number of rotatable bonds is 2. The summed E-state index contributed by atoms with van der Waals surface area (Å²) in [5, 5.41) is 10.7. The molecule has 1 heterocycles. The van der Waals surface area contributed by atoms with E-state index in [1.165, 1.54) is 24.4 Å². The highest BCUT2D eigenvalue weighted by molar-refractivity contribution is 5.70. The third-order valence-electron chi connectivity index (χ3n) is 2.27. The summed E-state index contributed by atoms with van der Waals surface area (Å²) in [4.78, 5) is 23.6. The van der Waals surface area contributed by atoms with Gasteiger partial charge in [0.2, 0.25) is 5.56 Å². The van der Waals surface area contributed by atoms with Gasteiger partial charge in [-0.3, -0.25) is 14.9 Å². The lowest BCUT2D eigenvalue weighted by Crippen LogP contribution is -2.01. The number of benzene rings is 1. The Morgan fingerprint density at radius 1 is 1.18 bits per heavy atom. The van der Waals surface area contributed by atoms with Gasteiger partial charge in [-0.15, -0.1) is 0 Å². The maximum absolute atomic E-state index is 10.9. The largest absolute Gasteiger partial charge is 0.399 e. The minimum atomic E-state index is -0.508. The average Bonchev–Trinajstić information content (AvgIpc) is 2.29. The van der Waals surface area contributed by atoms with Crippen LogP contribution in [0.25, 0.3) is 11.1 Å². The van der Waals surface area contributed by atoms with Crippen LogP contribution in [0.3, 0.4) is 0 Å². The van der Waals surface area contributed by atoms with E-state index >= 15 is 0 Å². The van der Waals surface area contributed by atoms with E-state index in [0.29, 0.717) is 16.8 Å². The number of nitro benzene ring substituents is 1. The van der Waals surface area contributed by atoms with E-state index in [1.54, 1.807) is 12.1 Å². The first-order chi connectivity index (χ1) is 8.06. The molecule has 0 saturated heterocycles. The maximum Gasteiger partial charge on any atom is 0.272 e. The Balaban J connectivity index is 2.55. The smallest absolute Gasteiger partial charge is 0.272 e. The Hall–Kier alpha value is -2.63. The molecule has 0 bridgehead atoms. The quantitative estimate of drug-likeness (QED) is 0.464. The molecule has 0 saturated carbocycles. The molecule has 3 N–H and O–H groups in total. The molecule has 0 aliphatic heterocycles. The van der Waals surface area contributed by atoms with E-state index in [0.717, 1.165) is 0 Å². The molecule has 0 spiro atoms. The lowest BCUT2D eigenvalue weighted by atomic mass is 10.1. The van der Waals surface area contributed by atoms with Gasteiger partial charge in [-0.05, 0) is 23.3 Å². The molecule has 6 nitrogen and oxygen atoms in total. The van der Waals surface area contributed by atoms with Gasteiger partial charge in [0.1, 0.15) is 0 Å². The van der Waals surface area contributed by atoms with Crippen LogP contribution in [0.4, 0.5) is 11.4 Å². The minimum absolute atomic E-state index is 0.0776. The minimum Gasteiger partial charge on any atom is -0.399 e. The van der Waals surface area contributed by atoms with E-state index in [1.807, 2.05) is 0 Å². The molecular formula is C11H9N3O3. The molecule has 2 aromatic rings. The third-order valence-corrected chi connectivity index (χ3v) is 2.27. The second-order valence-corrected chi connectivity index (χ2v) is 3.51. The Morgan fingerprint density at radius 3 is 2.53 bits per heavy atom. The fraction of sp³-hybridized carbons (Fsp3) is 0. The van der Waals surface area contributed by atoms with Crippen molar-refractivity contribution in [1.82, 2.24) is 4.98 Å². The number of non-ortho nitro benzene ring substituents is 1. The van der Waals surface area contributed by atoms with Crippen molar-refractivity contribution in [3.05, 3.63) is 57.0 Å². The first-order valence-electron chi connectivity index (χ1n) is 4.80. The Labute approximate surface area is 95.9 Å².